The predicted molar refractivity (Wildman–Crippen MR) is 113 cm³/mol. The molecule has 1 aromatic heterocycles. The number of carbonyl (C=O) groups is 1. The number of tetrazole rings is 1. The van der Waals surface area contributed by atoms with Gasteiger partial charge in [0.05, 0.1) is 0 Å². The van der Waals surface area contributed by atoms with Gasteiger partial charge in [0.15, 0.2) is 12.4 Å². The van der Waals surface area contributed by atoms with Crippen molar-refractivity contribution in [3.8, 4) is 0 Å². The molecule has 1 fully saturated rings. The monoisotopic (exact) mass is 425 g/mol. The molecule has 156 valence electrons. The Morgan fingerprint density at radius 1 is 1.17 bits per heavy atom. The SMILES string of the molecule is O=C(OC(Cn1ncnn1)c1ccccc1Cl)N1CCC[C@@H]1CCc1ccccc1. The zero-order chi connectivity index (χ0) is 20.8. The van der Waals surface area contributed by atoms with Crippen molar-refractivity contribution < 1.29 is 9.53 Å². The van der Waals surface area contributed by atoms with Gasteiger partial charge in [-0.15, -0.1) is 10.2 Å². The Morgan fingerprint density at radius 3 is 2.73 bits per heavy atom. The number of ether oxygens (including phenoxy) is 1. The van der Waals surface area contributed by atoms with Gasteiger partial charge in [0.1, 0.15) is 6.54 Å². The summed E-state index contributed by atoms with van der Waals surface area (Å²) in [5.41, 5.74) is 2.01. The van der Waals surface area contributed by atoms with E-state index in [1.165, 1.54) is 16.7 Å². The molecule has 1 saturated heterocycles. The third-order valence-corrected chi connectivity index (χ3v) is 5.78. The molecule has 1 aliphatic rings. The summed E-state index contributed by atoms with van der Waals surface area (Å²) in [6.45, 7) is 0.951. The Hall–Kier alpha value is -2.93. The summed E-state index contributed by atoms with van der Waals surface area (Å²) < 4.78 is 5.93. The number of likely N-dealkylation sites (tertiary alicyclic amines) is 1. The summed E-state index contributed by atoms with van der Waals surface area (Å²) >= 11 is 6.38. The molecule has 1 aliphatic heterocycles. The first kappa shape index (κ1) is 20.3. The fraction of sp³-hybridized carbons (Fsp3) is 0.364. The third-order valence-electron chi connectivity index (χ3n) is 5.44. The van der Waals surface area contributed by atoms with Crippen LogP contribution in [0.3, 0.4) is 0 Å². The first-order valence-electron chi connectivity index (χ1n) is 10.2. The number of carbonyl (C=O) groups excluding carboxylic acids is 1. The van der Waals surface area contributed by atoms with Crippen LogP contribution < -0.4 is 0 Å². The van der Waals surface area contributed by atoms with Gasteiger partial charge >= 0.3 is 6.09 Å². The normalized spacial score (nSPS) is 17.1. The molecule has 30 heavy (non-hydrogen) atoms. The van der Waals surface area contributed by atoms with Crippen LogP contribution in [0.25, 0.3) is 0 Å². The van der Waals surface area contributed by atoms with Gasteiger partial charge in [0, 0.05) is 23.2 Å². The van der Waals surface area contributed by atoms with E-state index in [4.69, 9.17) is 16.3 Å². The third kappa shape index (κ3) is 4.97. The quantitative estimate of drug-likeness (QED) is 0.564. The van der Waals surface area contributed by atoms with Gasteiger partial charge in [0.25, 0.3) is 0 Å². The molecule has 0 spiro atoms. The molecular weight excluding hydrogens is 402 g/mol. The summed E-state index contributed by atoms with van der Waals surface area (Å²) in [6, 6.07) is 17.9. The lowest BCUT2D eigenvalue weighted by molar-refractivity contribution is 0.0469. The van der Waals surface area contributed by atoms with Crippen LogP contribution in [0.4, 0.5) is 4.79 Å². The van der Waals surface area contributed by atoms with E-state index in [2.05, 4.69) is 27.5 Å². The van der Waals surface area contributed by atoms with Crippen LogP contribution in [0.1, 0.15) is 36.5 Å². The molecule has 0 saturated carbocycles. The Bertz CT molecular complexity index is 951. The van der Waals surface area contributed by atoms with Crippen LogP contribution in [0, 0.1) is 0 Å². The minimum absolute atomic E-state index is 0.175. The number of aryl methyl sites for hydroxylation is 1. The van der Waals surface area contributed by atoms with Crippen LogP contribution >= 0.6 is 11.6 Å². The van der Waals surface area contributed by atoms with E-state index in [-0.39, 0.29) is 18.7 Å². The van der Waals surface area contributed by atoms with E-state index in [1.54, 1.807) is 6.07 Å². The maximum Gasteiger partial charge on any atom is 0.410 e. The second-order valence-electron chi connectivity index (χ2n) is 7.40. The number of halogens is 1. The number of benzene rings is 2. The lowest BCUT2D eigenvalue weighted by Gasteiger charge is -2.27. The maximum absolute atomic E-state index is 13.1. The highest BCUT2D eigenvalue weighted by atomic mass is 35.5. The van der Waals surface area contributed by atoms with Crippen LogP contribution in [0.15, 0.2) is 60.9 Å². The Kier molecular flexibility index (Phi) is 6.59. The number of rotatable bonds is 7. The molecule has 2 aromatic carbocycles. The first-order valence-corrected chi connectivity index (χ1v) is 10.5. The minimum atomic E-state index is -0.601. The molecule has 1 amide bonds. The van der Waals surface area contributed by atoms with Gasteiger partial charge in [-0.1, -0.05) is 60.1 Å². The van der Waals surface area contributed by atoms with E-state index in [1.807, 2.05) is 41.3 Å². The number of hydrogen-bond donors (Lipinski definition) is 0. The molecule has 7 nitrogen and oxygen atoms in total. The smallest absolute Gasteiger partial charge is 0.410 e. The Morgan fingerprint density at radius 2 is 1.97 bits per heavy atom. The highest BCUT2D eigenvalue weighted by molar-refractivity contribution is 6.31. The topological polar surface area (TPSA) is 73.1 Å². The van der Waals surface area contributed by atoms with Crippen LogP contribution in [0.5, 0.6) is 0 Å². The average molecular weight is 426 g/mol. The van der Waals surface area contributed by atoms with E-state index in [9.17, 15) is 4.79 Å². The standard InChI is InChI=1S/C22H24ClN5O2/c23-20-11-5-4-10-19(20)21(15-28-25-16-24-26-28)30-22(29)27-14-6-9-18(27)13-12-17-7-2-1-3-8-17/h1-5,7-8,10-11,16,18,21H,6,9,12-15H2/t18-,21?/m1/s1. The van der Waals surface area contributed by atoms with E-state index in [0.29, 0.717) is 11.6 Å². The summed E-state index contributed by atoms with van der Waals surface area (Å²) in [4.78, 5) is 16.3. The number of hydrogen-bond acceptors (Lipinski definition) is 5. The van der Waals surface area contributed by atoms with Crippen LogP contribution in [-0.2, 0) is 17.7 Å². The molecule has 0 N–H and O–H groups in total. The van der Waals surface area contributed by atoms with Crippen molar-refractivity contribution in [2.45, 2.75) is 44.4 Å². The minimum Gasteiger partial charge on any atom is -0.439 e. The van der Waals surface area contributed by atoms with Gasteiger partial charge in [0.2, 0.25) is 0 Å². The highest BCUT2D eigenvalue weighted by Crippen LogP contribution is 2.29. The molecule has 8 heteroatoms. The predicted octanol–water partition coefficient (Wildman–Crippen LogP) is 4.30. The van der Waals surface area contributed by atoms with Gasteiger partial charge in [-0.3, -0.25) is 0 Å². The van der Waals surface area contributed by atoms with Crippen molar-refractivity contribution in [1.82, 2.24) is 25.1 Å². The van der Waals surface area contributed by atoms with E-state index in [0.717, 1.165) is 31.2 Å². The average Bonchev–Trinajstić information content (AvgIpc) is 3.45. The summed E-state index contributed by atoms with van der Waals surface area (Å²) in [7, 11) is 0. The van der Waals surface area contributed by atoms with Crippen molar-refractivity contribution in [2.75, 3.05) is 6.54 Å². The lowest BCUT2D eigenvalue weighted by Crippen LogP contribution is -2.37. The van der Waals surface area contributed by atoms with Crippen molar-refractivity contribution in [2.24, 2.45) is 0 Å². The fourth-order valence-electron chi connectivity index (χ4n) is 3.90. The molecule has 4 rings (SSSR count). The lowest BCUT2D eigenvalue weighted by atomic mass is 10.0. The molecule has 2 heterocycles. The number of nitrogens with zero attached hydrogens (tertiary/aromatic N) is 5. The van der Waals surface area contributed by atoms with Gasteiger partial charge in [-0.25, -0.2) is 4.79 Å². The van der Waals surface area contributed by atoms with Crippen LogP contribution in [0.2, 0.25) is 5.02 Å². The van der Waals surface area contributed by atoms with E-state index >= 15 is 0 Å². The summed E-state index contributed by atoms with van der Waals surface area (Å²) in [6.07, 6.45) is 4.25. The van der Waals surface area contributed by atoms with Gasteiger partial charge in [-0.2, -0.15) is 4.80 Å². The van der Waals surface area contributed by atoms with Crippen molar-refractivity contribution in [1.29, 1.82) is 0 Å². The summed E-state index contributed by atoms with van der Waals surface area (Å²) in [5, 5.41) is 12.2. The highest BCUT2D eigenvalue weighted by Gasteiger charge is 2.32. The second kappa shape index (κ2) is 9.71. The maximum atomic E-state index is 13.1. The van der Waals surface area contributed by atoms with Crippen LogP contribution in [-0.4, -0.2) is 43.8 Å². The molecule has 1 unspecified atom stereocenters. The first-order chi connectivity index (χ1) is 14.7. The molecule has 0 radical (unpaired) electrons. The largest absolute Gasteiger partial charge is 0.439 e. The second-order valence-corrected chi connectivity index (χ2v) is 7.81. The van der Waals surface area contributed by atoms with Crippen molar-refractivity contribution in [3.63, 3.8) is 0 Å². The van der Waals surface area contributed by atoms with Gasteiger partial charge < -0.3 is 9.64 Å². The molecule has 0 aliphatic carbocycles. The zero-order valence-electron chi connectivity index (χ0n) is 16.6. The van der Waals surface area contributed by atoms with E-state index < -0.39 is 6.10 Å². The van der Waals surface area contributed by atoms with Crippen molar-refractivity contribution >= 4 is 17.7 Å². The van der Waals surface area contributed by atoms with Gasteiger partial charge in [-0.05, 0) is 42.5 Å². The van der Waals surface area contributed by atoms with Crippen molar-refractivity contribution in [3.05, 3.63) is 77.1 Å². The molecular formula is C22H24ClN5O2. The zero-order valence-corrected chi connectivity index (χ0v) is 17.4. The number of amides is 1. The number of aromatic nitrogens is 4. The molecule has 2 atom stereocenters. The Balaban J connectivity index is 1.45. The Labute approximate surface area is 180 Å². The fourth-order valence-corrected chi connectivity index (χ4v) is 4.16. The molecule has 3 aromatic rings. The molecule has 0 bridgehead atoms. The summed E-state index contributed by atoms with van der Waals surface area (Å²) in [5.74, 6) is 0.